The third kappa shape index (κ3) is 3.61. The van der Waals surface area contributed by atoms with Gasteiger partial charge in [0, 0.05) is 23.8 Å². The fraction of sp³-hybridized carbons (Fsp3) is 0.467. The molecule has 4 heteroatoms. The third-order valence-electron chi connectivity index (χ3n) is 2.90. The highest BCUT2D eigenvalue weighted by atomic mass is 32.1. The van der Waals surface area contributed by atoms with E-state index in [1.54, 1.807) is 17.5 Å². The van der Waals surface area contributed by atoms with Gasteiger partial charge in [-0.15, -0.1) is 11.3 Å². The minimum Gasteiger partial charge on any atom is -0.302 e. The normalized spacial score (nSPS) is 13.2. The van der Waals surface area contributed by atoms with Crippen molar-refractivity contribution in [1.82, 2.24) is 15.3 Å². The van der Waals surface area contributed by atoms with Gasteiger partial charge in [-0.1, -0.05) is 19.9 Å². The Morgan fingerprint density at radius 1 is 1.21 bits per heavy atom. The molecule has 0 amide bonds. The zero-order valence-corrected chi connectivity index (χ0v) is 12.7. The lowest BCUT2D eigenvalue weighted by molar-refractivity contribution is 0.524. The van der Waals surface area contributed by atoms with E-state index < -0.39 is 0 Å². The van der Waals surface area contributed by atoms with Crippen LogP contribution in [0.4, 0.5) is 0 Å². The fourth-order valence-electron chi connectivity index (χ4n) is 1.89. The van der Waals surface area contributed by atoms with E-state index in [1.807, 2.05) is 12.3 Å². The van der Waals surface area contributed by atoms with Crippen LogP contribution in [0.1, 0.15) is 55.9 Å². The van der Waals surface area contributed by atoms with Crippen molar-refractivity contribution in [3.05, 3.63) is 46.2 Å². The Morgan fingerprint density at radius 2 is 2.00 bits per heavy atom. The van der Waals surface area contributed by atoms with Crippen molar-refractivity contribution in [3.8, 4) is 0 Å². The minimum absolute atomic E-state index is 0.131. The second kappa shape index (κ2) is 6.26. The molecule has 0 radical (unpaired) electrons. The number of thiazole rings is 1. The van der Waals surface area contributed by atoms with Gasteiger partial charge < -0.3 is 5.32 Å². The molecule has 19 heavy (non-hydrogen) atoms. The molecule has 1 atom stereocenters. The second-order valence-corrected chi connectivity index (χ2v) is 6.20. The van der Waals surface area contributed by atoms with Crippen molar-refractivity contribution in [2.75, 3.05) is 0 Å². The average Bonchev–Trinajstić information content (AvgIpc) is 2.86. The molecule has 0 aromatic carbocycles. The van der Waals surface area contributed by atoms with E-state index in [4.69, 9.17) is 4.98 Å². The van der Waals surface area contributed by atoms with Crippen LogP contribution < -0.4 is 5.32 Å². The van der Waals surface area contributed by atoms with Crippen LogP contribution in [0.3, 0.4) is 0 Å². The number of aromatic nitrogens is 2. The smallest absolute Gasteiger partial charge is 0.114 e. The molecule has 0 saturated carbocycles. The van der Waals surface area contributed by atoms with E-state index in [2.05, 4.69) is 49.4 Å². The Hall–Kier alpha value is -1.26. The van der Waals surface area contributed by atoms with Crippen LogP contribution in [-0.4, -0.2) is 16.0 Å². The summed E-state index contributed by atoms with van der Waals surface area (Å²) >= 11 is 1.72. The molecule has 2 heterocycles. The molecule has 3 nitrogen and oxygen atoms in total. The quantitative estimate of drug-likeness (QED) is 0.903. The summed E-state index contributed by atoms with van der Waals surface area (Å²) in [4.78, 5) is 8.98. The molecule has 2 aromatic heterocycles. The van der Waals surface area contributed by atoms with Crippen LogP contribution in [0.25, 0.3) is 0 Å². The first-order chi connectivity index (χ1) is 9.08. The van der Waals surface area contributed by atoms with Gasteiger partial charge in [0.1, 0.15) is 5.01 Å². The first-order valence-electron chi connectivity index (χ1n) is 6.69. The molecule has 0 aliphatic heterocycles. The first-order valence-corrected chi connectivity index (χ1v) is 7.57. The van der Waals surface area contributed by atoms with E-state index in [0.29, 0.717) is 12.0 Å². The van der Waals surface area contributed by atoms with E-state index in [-0.39, 0.29) is 6.04 Å². The number of nitrogens with one attached hydrogen (secondary N) is 1. The lowest BCUT2D eigenvalue weighted by atomic mass is 10.1. The van der Waals surface area contributed by atoms with Gasteiger partial charge in [-0.3, -0.25) is 4.98 Å². The maximum atomic E-state index is 4.77. The molecule has 102 valence electrons. The zero-order valence-electron chi connectivity index (χ0n) is 11.9. The van der Waals surface area contributed by atoms with Gasteiger partial charge in [-0.2, -0.15) is 0 Å². The number of rotatable bonds is 5. The molecule has 0 bridgehead atoms. The van der Waals surface area contributed by atoms with Crippen LogP contribution in [-0.2, 0) is 0 Å². The van der Waals surface area contributed by atoms with Crippen LogP contribution >= 0.6 is 11.3 Å². The molecular formula is C15H21N3S. The molecule has 0 fully saturated rings. The van der Waals surface area contributed by atoms with Gasteiger partial charge in [-0.05, 0) is 31.4 Å². The van der Waals surface area contributed by atoms with Gasteiger partial charge in [0.25, 0.3) is 0 Å². The monoisotopic (exact) mass is 275 g/mol. The lowest BCUT2D eigenvalue weighted by Crippen LogP contribution is -2.29. The van der Waals surface area contributed by atoms with Crippen molar-refractivity contribution in [2.24, 2.45) is 0 Å². The lowest BCUT2D eigenvalue weighted by Gasteiger charge is -2.19. The summed E-state index contributed by atoms with van der Waals surface area (Å²) < 4.78 is 0. The zero-order chi connectivity index (χ0) is 13.8. The average molecular weight is 275 g/mol. The number of pyridine rings is 1. The molecule has 0 aliphatic carbocycles. The van der Waals surface area contributed by atoms with Gasteiger partial charge >= 0.3 is 0 Å². The summed E-state index contributed by atoms with van der Waals surface area (Å²) in [6.45, 7) is 8.65. The number of hydrogen-bond acceptors (Lipinski definition) is 4. The Bertz CT molecular complexity index is 505. The predicted octanol–water partition coefficient (Wildman–Crippen LogP) is 3.75. The number of nitrogens with zero attached hydrogens (tertiary/aromatic N) is 2. The summed E-state index contributed by atoms with van der Waals surface area (Å²) in [6, 6.07) is 4.60. The highest BCUT2D eigenvalue weighted by Crippen LogP contribution is 2.27. The fourth-order valence-corrected chi connectivity index (χ4v) is 2.95. The van der Waals surface area contributed by atoms with E-state index in [9.17, 15) is 0 Å². The third-order valence-corrected chi connectivity index (χ3v) is 3.82. The van der Waals surface area contributed by atoms with Crippen LogP contribution in [0, 0.1) is 0 Å². The van der Waals surface area contributed by atoms with Crippen molar-refractivity contribution in [2.45, 2.75) is 45.7 Å². The van der Waals surface area contributed by atoms with Crippen molar-refractivity contribution >= 4 is 11.3 Å². The summed E-state index contributed by atoms with van der Waals surface area (Å²) in [5.41, 5.74) is 2.33. The summed E-state index contributed by atoms with van der Waals surface area (Å²) in [6.07, 6.45) is 3.72. The van der Waals surface area contributed by atoms with E-state index in [0.717, 1.165) is 5.01 Å². The molecule has 0 saturated heterocycles. The van der Waals surface area contributed by atoms with Gasteiger partial charge in [-0.25, -0.2) is 4.98 Å². The molecule has 2 rings (SSSR count). The molecule has 0 spiro atoms. The van der Waals surface area contributed by atoms with Gasteiger partial charge in [0.2, 0.25) is 0 Å². The van der Waals surface area contributed by atoms with Crippen molar-refractivity contribution in [3.63, 3.8) is 0 Å². The van der Waals surface area contributed by atoms with Crippen molar-refractivity contribution < 1.29 is 0 Å². The SMILES string of the molecule is CC(C)NC(c1cccnc1)c1nc(C(C)C)cs1. The predicted molar refractivity (Wildman–Crippen MR) is 80.6 cm³/mol. The Morgan fingerprint density at radius 3 is 2.53 bits per heavy atom. The maximum absolute atomic E-state index is 4.77. The summed E-state index contributed by atoms with van der Waals surface area (Å²) in [5.74, 6) is 0.471. The Balaban J connectivity index is 2.31. The standard InChI is InChI=1S/C15H21N3S/c1-10(2)13-9-19-15(18-13)14(17-11(3)4)12-6-5-7-16-8-12/h5-11,14,17H,1-4H3. The summed E-state index contributed by atoms with van der Waals surface area (Å²) in [5, 5.41) is 6.85. The molecule has 1 N–H and O–H groups in total. The van der Waals surface area contributed by atoms with E-state index in [1.165, 1.54) is 11.3 Å². The Labute approximate surface area is 119 Å². The van der Waals surface area contributed by atoms with E-state index >= 15 is 0 Å². The van der Waals surface area contributed by atoms with Crippen LogP contribution in [0.15, 0.2) is 29.9 Å². The molecule has 1 unspecified atom stereocenters. The minimum atomic E-state index is 0.131. The van der Waals surface area contributed by atoms with Crippen LogP contribution in [0.2, 0.25) is 0 Å². The topological polar surface area (TPSA) is 37.8 Å². The molecule has 0 aliphatic rings. The van der Waals surface area contributed by atoms with Gasteiger partial charge in [0.15, 0.2) is 0 Å². The largest absolute Gasteiger partial charge is 0.302 e. The van der Waals surface area contributed by atoms with Crippen molar-refractivity contribution in [1.29, 1.82) is 0 Å². The van der Waals surface area contributed by atoms with Gasteiger partial charge in [0.05, 0.1) is 11.7 Å². The number of hydrogen-bond donors (Lipinski definition) is 1. The maximum Gasteiger partial charge on any atom is 0.114 e. The second-order valence-electron chi connectivity index (χ2n) is 5.31. The Kier molecular flexibility index (Phi) is 4.66. The highest BCUT2D eigenvalue weighted by Gasteiger charge is 2.19. The highest BCUT2D eigenvalue weighted by molar-refractivity contribution is 7.09. The summed E-state index contributed by atoms with van der Waals surface area (Å²) in [7, 11) is 0. The molecule has 2 aromatic rings. The first kappa shape index (κ1) is 14.2. The van der Waals surface area contributed by atoms with Crippen LogP contribution in [0.5, 0.6) is 0 Å². The molecular weight excluding hydrogens is 254 g/mol.